The number of fused-ring (bicyclic) bond motifs is 17. The second-order valence-electron chi connectivity index (χ2n) is 19.6. The molecular weight excluding hydrogens is 1120 g/mol. The lowest BCUT2D eigenvalue weighted by molar-refractivity contribution is 0.579. The summed E-state index contributed by atoms with van der Waals surface area (Å²) in [6.45, 7) is 10.8. The number of aromatic nitrogens is 8. The zero-order valence-corrected chi connectivity index (χ0v) is 49.3. The van der Waals surface area contributed by atoms with Crippen LogP contribution >= 0.6 is 0 Å². The fraction of sp³-hybridized carbons (Fsp3) is 0.462. The summed E-state index contributed by atoms with van der Waals surface area (Å²) in [6.07, 6.45) is 4.31. The standard InChI is InChI=1S/C52H64N8O12S6/c1-7-13-21-73(61,62)39-27-33-35(29-41(39)75(65,66)23-15-9-3)49-56-47(33)54-45-19-20-46(53-45)55-48-34-28-40(74(63,64)22-14-8-2)42(76(67,68)24-16-10-4)30-36(34)50(57-48)59-52-38-32-44(78(71,72)26-18-12-6)43(77(69,70)25-17-11-5)31-37(38)51(58-49)60-52/h19-20,27-32H,7-18,21-26H2,1-6H3,(H2,53,54,55,56,57,58,59,60). The van der Waals surface area contributed by atoms with Gasteiger partial charge in [0.1, 0.15) is 22.6 Å². The minimum atomic E-state index is -4.34. The molecule has 420 valence electrons. The average Bonchev–Trinajstić information content (AvgIpc) is 4.29. The molecule has 0 saturated heterocycles. The molecule has 0 spiro atoms. The van der Waals surface area contributed by atoms with Crippen LogP contribution in [0.2, 0.25) is 0 Å². The quantitative estimate of drug-likeness (QED) is 0.0569. The van der Waals surface area contributed by atoms with Crippen LogP contribution < -0.4 is 0 Å². The Hall–Kier alpha value is -5.54. The Balaban J connectivity index is 1.58. The van der Waals surface area contributed by atoms with Crippen molar-refractivity contribution in [1.82, 2.24) is 39.9 Å². The maximum Gasteiger partial charge on any atom is 0.179 e. The SMILES string of the molecule is CCCCS(=O)(=O)c1cc2c(cc1S(=O)(=O)CCCC)-c1nc-2nc2nc(nc3[nH]c(nc4ccc(n1)[nH]4)c1cc(S(=O)(=O)CCCC)c(S(=O)(=O)CCCC)cc31)-c1cc(S(=O)(=O)CCCC)c(S(=O)(=O)CCCC)cc1-2. The summed E-state index contributed by atoms with van der Waals surface area (Å²) in [5.74, 6) is -3.02. The predicted molar refractivity (Wildman–Crippen MR) is 300 cm³/mol. The highest BCUT2D eigenvalue weighted by atomic mass is 32.2. The van der Waals surface area contributed by atoms with E-state index in [1.807, 2.05) is 13.8 Å². The molecule has 0 atom stereocenters. The van der Waals surface area contributed by atoms with Gasteiger partial charge in [0, 0.05) is 33.0 Å². The third-order valence-electron chi connectivity index (χ3n) is 13.5. The summed E-state index contributed by atoms with van der Waals surface area (Å²) in [7, 11) is -25.7. The van der Waals surface area contributed by atoms with Crippen molar-refractivity contribution < 1.29 is 50.5 Å². The van der Waals surface area contributed by atoms with Gasteiger partial charge in [-0.25, -0.2) is 80.4 Å². The van der Waals surface area contributed by atoms with Gasteiger partial charge in [0.25, 0.3) is 0 Å². The van der Waals surface area contributed by atoms with Crippen LogP contribution in [0.15, 0.2) is 77.9 Å². The number of H-pyrrole nitrogens is 2. The number of nitrogens with one attached hydrogen (secondary N) is 2. The van der Waals surface area contributed by atoms with Crippen LogP contribution in [0.4, 0.5) is 0 Å². The van der Waals surface area contributed by atoms with E-state index in [9.17, 15) is 50.5 Å². The first-order valence-electron chi connectivity index (χ1n) is 26.3. The number of unbranched alkanes of at least 4 members (excludes halogenated alkanes) is 6. The van der Waals surface area contributed by atoms with Crippen molar-refractivity contribution in [3.63, 3.8) is 0 Å². The molecule has 0 unspecified atom stereocenters. The molecule has 3 aromatic heterocycles. The third kappa shape index (κ3) is 11.8. The van der Waals surface area contributed by atoms with Crippen LogP contribution in [-0.2, 0) is 59.0 Å². The molecule has 6 aromatic rings. The normalized spacial score (nSPS) is 13.3. The van der Waals surface area contributed by atoms with Gasteiger partial charge in [0.15, 0.2) is 82.3 Å². The van der Waals surface area contributed by atoms with Crippen molar-refractivity contribution in [3.05, 3.63) is 48.5 Å². The fourth-order valence-electron chi connectivity index (χ4n) is 9.09. The van der Waals surface area contributed by atoms with Crippen LogP contribution in [-0.4, -0.2) is 125 Å². The number of hydrogen-bond acceptors (Lipinski definition) is 18. The van der Waals surface area contributed by atoms with Crippen LogP contribution in [0.3, 0.4) is 0 Å². The van der Waals surface area contributed by atoms with Gasteiger partial charge in [-0.05, 0) is 87.1 Å². The maximum absolute atomic E-state index is 14.4. The van der Waals surface area contributed by atoms with Gasteiger partial charge in [-0.15, -0.1) is 0 Å². The van der Waals surface area contributed by atoms with Gasteiger partial charge >= 0.3 is 0 Å². The van der Waals surface area contributed by atoms with E-state index in [4.69, 9.17) is 29.9 Å². The monoisotopic (exact) mass is 1180 g/mol. The summed E-state index contributed by atoms with van der Waals surface area (Å²) < 4.78 is 171. The summed E-state index contributed by atoms with van der Waals surface area (Å²) in [4.78, 5) is 32.3. The van der Waals surface area contributed by atoms with E-state index in [0.717, 1.165) is 0 Å². The van der Waals surface area contributed by atoms with Crippen molar-refractivity contribution >= 4 is 92.4 Å². The lowest BCUT2D eigenvalue weighted by Gasteiger charge is -2.14. The molecule has 8 bridgehead atoms. The number of sulfone groups is 6. The average molecular weight is 1190 g/mol. The van der Waals surface area contributed by atoms with Crippen molar-refractivity contribution in [2.75, 3.05) is 34.5 Å². The third-order valence-corrected chi connectivity index (χ3v) is 24.9. The number of rotatable bonds is 24. The number of benzene rings is 3. The number of nitrogens with zero attached hydrogens (tertiary/aromatic N) is 6. The van der Waals surface area contributed by atoms with Gasteiger partial charge < -0.3 is 9.97 Å². The van der Waals surface area contributed by atoms with Crippen molar-refractivity contribution in [2.45, 2.75) is 148 Å². The van der Waals surface area contributed by atoms with Gasteiger partial charge in [0.2, 0.25) is 0 Å². The molecule has 20 nitrogen and oxygen atoms in total. The molecule has 2 aliphatic rings. The molecular formula is C52H64N8O12S6. The van der Waals surface area contributed by atoms with E-state index in [2.05, 4.69) is 9.97 Å². The highest BCUT2D eigenvalue weighted by Crippen LogP contribution is 2.44. The second kappa shape index (κ2) is 22.9. The Bertz CT molecular complexity index is 4240. The molecule has 2 aliphatic heterocycles. The summed E-state index contributed by atoms with van der Waals surface area (Å²) in [5, 5.41) is 0.232. The molecule has 0 saturated carbocycles. The van der Waals surface area contributed by atoms with Crippen LogP contribution in [0.25, 0.3) is 78.9 Å². The van der Waals surface area contributed by atoms with E-state index < -0.39 is 99.9 Å². The largest absolute Gasteiger partial charge is 0.325 e. The fourth-order valence-corrected chi connectivity index (χ4v) is 20.7. The molecule has 0 fully saturated rings. The first-order chi connectivity index (χ1) is 36.8. The van der Waals surface area contributed by atoms with E-state index in [0.29, 0.717) is 38.5 Å². The maximum atomic E-state index is 14.4. The van der Waals surface area contributed by atoms with Crippen LogP contribution in [0.1, 0.15) is 119 Å². The Kier molecular flexibility index (Phi) is 17.2. The Morgan fingerprint density at radius 3 is 0.846 bits per heavy atom. The molecule has 0 amide bonds. The Morgan fingerprint density at radius 2 is 0.551 bits per heavy atom. The van der Waals surface area contributed by atoms with Gasteiger partial charge in [-0.2, -0.15) is 0 Å². The molecule has 0 radical (unpaired) electrons. The van der Waals surface area contributed by atoms with Crippen molar-refractivity contribution in [2.24, 2.45) is 0 Å². The number of hydrogen-bond donors (Lipinski definition) is 2. The first-order valence-corrected chi connectivity index (χ1v) is 36.2. The minimum absolute atomic E-state index is 0.0134. The molecule has 0 aliphatic carbocycles. The van der Waals surface area contributed by atoms with Crippen LogP contribution in [0.5, 0.6) is 0 Å². The molecule has 26 heteroatoms. The zero-order valence-electron chi connectivity index (χ0n) is 44.4. The Labute approximate surface area is 456 Å². The van der Waals surface area contributed by atoms with Gasteiger partial charge in [-0.1, -0.05) is 80.1 Å². The van der Waals surface area contributed by atoms with Gasteiger partial charge in [0.05, 0.1) is 63.9 Å². The van der Waals surface area contributed by atoms with E-state index in [1.54, 1.807) is 33.8 Å². The van der Waals surface area contributed by atoms with Gasteiger partial charge in [-0.3, -0.25) is 0 Å². The second-order valence-corrected chi connectivity index (χ2v) is 32.0. The Morgan fingerprint density at radius 1 is 0.308 bits per heavy atom. The first kappa shape index (κ1) is 58.6. The summed E-state index contributed by atoms with van der Waals surface area (Å²) >= 11 is 0. The predicted octanol–water partition coefficient (Wildman–Crippen LogP) is 9.16. The number of aromatic amines is 2. The molecule has 3 aromatic carbocycles. The lowest BCUT2D eigenvalue weighted by Crippen LogP contribution is -2.15. The van der Waals surface area contributed by atoms with E-state index >= 15 is 0 Å². The smallest absolute Gasteiger partial charge is 0.179 e. The van der Waals surface area contributed by atoms with E-state index in [1.165, 1.54) is 42.5 Å². The molecule has 2 N–H and O–H groups in total. The highest BCUT2D eigenvalue weighted by Gasteiger charge is 2.36. The highest BCUT2D eigenvalue weighted by molar-refractivity contribution is 7.95. The molecule has 5 heterocycles. The minimum Gasteiger partial charge on any atom is -0.325 e. The lowest BCUT2D eigenvalue weighted by atomic mass is 10.1. The van der Waals surface area contributed by atoms with E-state index in [-0.39, 0.29) is 140 Å². The zero-order chi connectivity index (χ0) is 56.6. The summed E-state index contributed by atoms with van der Waals surface area (Å²) in [5.41, 5.74) is 0.307. The van der Waals surface area contributed by atoms with Crippen molar-refractivity contribution in [1.29, 1.82) is 0 Å². The van der Waals surface area contributed by atoms with Crippen LogP contribution in [0, 0.1) is 0 Å². The van der Waals surface area contributed by atoms with Crippen molar-refractivity contribution in [3.8, 4) is 45.6 Å². The summed E-state index contributed by atoms with van der Waals surface area (Å²) in [6, 6.07) is 10.4. The topological polar surface area (TPSA) is 314 Å². The molecule has 8 rings (SSSR count). The molecule has 78 heavy (non-hydrogen) atoms.